The molecule has 0 saturated heterocycles. The zero-order valence-corrected chi connectivity index (χ0v) is 24.6. The topological polar surface area (TPSA) is 190 Å². The van der Waals surface area contributed by atoms with Crippen LogP contribution in [0.25, 0.3) is 22.5 Å². The largest absolute Gasteiger partial charge is 0.481 e. The highest BCUT2D eigenvalue weighted by Gasteiger charge is 2.33. The third-order valence-corrected chi connectivity index (χ3v) is 6.95. The highest BCUT2D eigenvalue weighted by Crippen LogP contribution is 2.30. The van der Waals surface area contributed by atoms with E-state index in [2.05, 4.69) is 25.9 Å². The number of carboxylic acids is 1. The smallest absolute Gasteiger partial charge is 0.305 e. The molecule has 3 rings (SSSR count). The lowest BCUT2D eigenvalue weighted by Gasteiger charge is -2.28. The number of carboxylic acid groups (broad SMARTS) is 1. The second kappa shape index (κ2) is 16.1. The van der Waals surface area contributed by atoms with Gasteiger partial charge in [0, 0.05) is 18.7 Å². The summed E-state index contributed by atoms with van der Waals surface area (Å²) in [6.45, 7) is 6.18. The number of hydroxylamine groups is 1. The molecule has 230 valence electrons. The van der Waals surface area contributed by atoms with E-state index in [1.165, 1.54) is 10.4 Å². The van der Waals surface area contributed by atoms with E-state index in [-0.39, 0.29) is 18.9 Å². The molecule has 1 aromatic heterocycles. The maximum absolute atomic E-state index is 13.7. The van der Waals surface area contributed by atoms with Crippen molar-refractivity contribution in [3.8, 4) is 22.5 Å². The summed E-state index contributed by atoms with van der Waals surface area (Å²) >= 11 is 0. The second-order valence-corrected chi connectivity index (χ2v) is 10.8. The molecular formula is C30H39N7O6. The molecule has 0 bridgehead atoms. The molecule has 1 unspecified atom stereocenters. The van der Waals surface area contributed by atoms with Crippen LogP contribution in [0.3, 0.4) is 0 Å². The zero-order chi connectivity index (χ0) is 31.4. The van der Waals surface area contributed by atoms with Gasteiger partial charge in [-0.15, -0.1) is 5.10 Å². The van der Waals surface area contributed by atoms with Crippen molar-refractivity contribution in [2.24, 2.45) is 11.8 Å². The van der Waals surface area contributed by atoms with Gasteiger partial charge >= 0.3 is 5.97 Å². The summed E-state index contributed by atoms with van der Waals surface area (Å²) in [7, 11) is 0. The van der Waals surface area contributed by atoms with E-state index in [1.807, 2.05) is 55.5 Å². The Morgan fingerprint density at radius 3 is 2.26 bits per heavy atom. The standard InChI is InChI=1S/C30H39N7O6/c1-4-5-8-15-37(30(42)25(17-26(38)39)31-28(40)24(16-19(2)3)29(41)34-43)18-20-11-13-21(14-12-20)22-9-6-7-10-23(22)27-32-35-36-33-27/h6-7,9-14,19,24-25,43H,4-5,8,15-18H2,1-3H3,(H,31,40)(H,34,41)(H,38,39)(H,32,33,35,36)/t24?,25-/m1/s1. The first-order valence-corrected chi connectivity index (χ1v) is 14.3. The molecule has 2 atom stereocenters. The molecule has 0 saturated carbocycles. The Hall–Kier alpha value is -4.65. The van der Waals surface area contributed by atoms with Gasteiger partial charge in [0.1, 0.15) is 12.0 Å². The Morgan fingerprint density at radius 1 is 0.977 bits per heavy atom. The summed E-state index contributed by atoms with van der Waals surface area (Å²) in [5, 5.41) is 35.3. The van der Waals surface area contributed by atoms with Crippen LogP contribution in [0.15, 0.2) is 48.5 Å². The van der Waals surface area contributed by atoms with Crippen molar-refractivity contribution >= 4 is 23.7 Å². The van der Waals surface area contributed by atoms with Gasteiger partial charge in [-0.05, 0) is 45.9 Å². The normalized spacial score (nSPS) is 12.4. The van der Waals surface area contributed by atoms with Gasteiger partial charge in [0.15, 0.2) is 5.82 Å². The minimum absolute atomic E-state index is 0.0745. The number of hydrogen-bond acceptors (Lipinski definition) is 8. The third-order valence-electron chi connectivity index (χ3n) is 6.95. The van der Waals surface area contributed by atoms with Gasteiger partial charge in [-0.2, -0.15) is 0 Å². The molecule has 3 amide bonds. The van der Waals surface area contributed by atoms with Gasteiger partial charge in [0.2, 0.25) is 11.8 Å². The third kappa shape index (κ3) is 9.43. The van der Waals surface area contributed by atoms with Crippen molar-refractivity contribution in [2.75, 3.05) is 6.54 Å². The second-order valence-electron chi connectivity index (χ2n) is 10.8. The van der Waals surface area contributed by atoms with Crippen LogP contribution in [0.4, 0.5) is 0 Å². The molecule has 3 aromatic rings. The molecule has 0 aliphatic heterocycles. The Labute approximate surface area is 250 Å². The van der Waals surface area contributed by atoms with Crippen molar-refractivity contribution < 1.29 is 29.5 Å². The molecule has 0 aliphatic rings. The van der Waals surface area contributed by atoms with Gasteiger partial charge in [0.05, 0.1) is 6.42 Å². The van der Waals surface area contributed by atoms with Crippen LogP contribution in [0.2, 0.25) is 0 Å². The van der Waals surface area contributed by atoms with E-state index >= 15 is 0 Å². The van der Waals surface area contributed by atoms with E-state index in [0.717, 1.165) is 35.1 Å². The predicted octanol–water partition coefficient (Wildman–Crippen LogP) is 3.18. The fourth-order valence-electron chi connectivity index (χ4n) is 4.79. The van der Waals surface area contributed by atoms with Crippen LogP contribution in [0, 0.1) is 11.8 Å². The molecule has 0 radical (unpaired) electrons. The Morgan fingerprint density at radius 2 is 1.67 bits per heavy atom. The monoisotopic (exact) mass is 593 g/mol. The molecule has 0 spiro atoms. The van der Waals surface area contributed by atoms with Gasteiger partial charge in [0.25, 0.3) is 5.91 Å². The van der Waals surface area contributed by atoms with E-state index < -0.39 is 42.1 Å². The molecule has 13 nitrogen and oxygen atoms in total. The maximum Gasteiger partial charge on any atom is 0.305 e. The Balaban J connectivity index is 1.84. The van der Waals surface area contributed by atoms with E-state index in [0.29, 0.717) is 18.8 Å². The van der Waals surface area contributed by atoms with Crippen molar-refractivity contribution in [1.29, 1.82) is 0 Å². The Bertz CT molecular complexity index is 1360. The average molecular weight is 594 g/mol. The van der Waals surface area contributed by atoms with Crippen LogP contribution in [-0.2, 0) is 25.7 Å². The number of nitrogens with one attached hydrogen (secondary N) is 3. The first-order chi connectivity index (χ1) is 20.6. The van der Waals surface area contributed by atoms with Gasteiger partial charge < -0.3 is 15.3 Å². The summed E-state index contributed by atoms with van der Waals surface area (Å²) < 4.78 is 0. The number of carbonyl (C=O) groups is 4. The number of tetrazole rings is 1. The minimum atomic E-state index is -1.39. The average Bonchev–Trinajstić information content (AvgIpc) is 3.53. The molecule has 0 fully saturated rings. The van der Waals surface area contributed by atoms with E-state index in [4.69, 9.17) is 5.21 Å². The fourth-order valence-corrected chi connectivity index (χ4v) is 4.79. The van der Waals surface area contributed by atoms with Crippen LogP contribution < -0.4 is 10.8 Å². The first-order valence-electron chi connectivity index (χ1n) is 14.3. The van der Waals surface area contributed by atoms with Crippen molar-refractivity contribution in [1.82, 2.24) is 36.3 Å². The van der Waals surface area contributed by atoms with Gasteiger partial charge in [-0.1, -0.05) is 82.1 Å². The lowest BCUT2D eigenvalue weighted by Crippen LogP contribution is -2.52. The van der Waals surface area contributed by atoms with E-state index in [1.54, 1.807) is 13.8 Å². The zero-order valence-electron chi connectivity index (χ0n) is 24.6. The number of benzene rings is 2. The molecule has 0 aliphatic carbocycles. The number of nitrogens with zero attached hydrogens (tertiary/aromatic N) is 4. The maximum atomic E-state index is 13.7. The molecule has 1 heterocycles. The SMILES string of the molecule is CCCCCN(Cc1ccc(-c2ccccc2-c2nnn[nH]2)cc1)C(=O)[C@@H](CC(=O)O)NC(=O)C(CC(C)C)C(=O)NO. The number of unbranched alkanes of at least 4 members (excludes halogenated alkanes) is 2. The summed E-state index contributed by atoms with van der Waals surface area (Å²) in [5.74, 6) is -4.41. The lowest BCUT2D eigenvalue weighted by atomic mass is 9.95. The van der Waals surface area contributed by atoms with Crippen molar-refractivity contribution in [2.45, 2.75) is 65.5 Å². The summed E-state index contributed by atoms with van der Waals surface area (Å²) in [6, 6.07) is 13.9. The van der Waals surface area contributed by atoms with Crippen LogP contribution in [0.5, 0.6) is 0 Å². The number of aromatic amines is 1. The van der Waals surface area contributed by atoms with Crippen LogP contribution in [0.1, 0.15) is 58.4 Å². The number of aliphatic carboxylic acids is 1. The summed E-state index contributed by atoms with van der Waals surface area (Å²) in [5.41, 5.74) is 4.95. The number of rotatable bonds is 16. The number of H-pyrrole nitrogens is 1. The highest BCUT2D eigenvalue weighted by atomic mass is 16.5. The number of hydrogen-bond donors (Lipinski definition) is 5. The highest BCUT2D eigenvalue weighted by molar-refractivity contribution is 6.02. The summed E-state index contributed by atoms with van der Waals surface area (Å²) in [6.07, 6.45) is 1.92. The number of carbonyl (C=O) groups excluding carboxylic acids is 3. The minimum Gasteiger partial charge on any atom is -0.481 e. The Kier molecular flexibility index (Phi) is 12.3. The quantitative estimate of drug-likeness (QED) is 0.0718. The molecule has 43 heavy (non-hydrogen) atoms. The molecule has 2 aromatic carbocycles. The first kappa shape index (κ1) is 32.9. The summed E-state index contributed by atoms with van der Waals surface area (Å²) in [4.78, 5) is 52.2. The number of amides is 3. The van der Waals surface area contributed by atoms with Crippen LogP contribution >= 0.6 is 0 Å². The molecule has 13 heteroatoms. The van der Waals surface area contributed by atoms with Crippen molar-refractivity contribution in [3.05, 3.63) is 54.1 Å². The fraction of sp³-hybridized carbons (Fsp3) is 0.433. The molecule has 5 N–H and O–H groups in total. The number of aromatic nitrogens is 4. The van der Waals surface area contributed by atoms with Gasteiger partial charge in [-0.25, -0.2) is 10.6 Å². The van der Waals surface area contributed by atoms with Gasteiger partial charge in [-0.3, -0.25) is 24.4 Å². The van der Waals surface area contributed by atoms with Crippen LogP contribution in [-0.4, -0.2) is 72.1 Å². The predicted molar refractivity (Wildman–Crippen MR) is 157 cm³/mol. The van der Waals surface area contributed by atoms with Crippen molar-refractivity contribution in [3.63, 3.8) is 0 Å². The van der Waals surface area contributed by atoms with E-state index in [9.17, 15) is 24.3 Å². The lowest BCUT2D eigenvalue weighted by molar-refractivity contribution is -0.146. The molecular weight excluding hydrogens is 554 g/mol.